The highest BCUT2D eigenvalue weighted by Gasteiger charge is 2.34. The Labute approximate surface area is 208 Å². The molecular weight excluding hydrogens is 498 g/mol. The molecule has 1 heterocycles. The number of hydrogen-bond donors (Lipinski definition) is 2. The molecule has 37 heavy (non-hydrogen) atoms. The lowest BCUT2D eigenvalue weighted by Gasteiger charge is -2.19. The van der Waals surface area contributed by atoms with E-state index in [1.165, 1.54) is 24.4 Å². The number of methoxy groups -OCH3 is 1. The highest BCUT2D eigenvalue weighted by molar-refractivity contribution is 6.08. The van der Waals surface area contributed by atoms with Crippen LogP contribution in [0.25, 0.3) is 0 Å². The van der Waals surface area contributed by atoms with Gasteiger partial charge in [0.1, 0.15) is 11.4 Å². The van der Waals surface area contributed by atoms with Crippen LogP contribution < -0.4 is 25.3 Å². The monoisotopic (exact) mass is 519 g/mol. The average Bonchev–Trinajstić information content (AvgIpc) is 3.66. The lowest BCUT2D eigenvalue weighted by molar-refractivity contribution is -0.275. The van der Waals surface area contributed by atoms with Crippen LogP contribution >= 0.6 is 0 Å². The zero-order valence-electron chi connectivity index (χ0n) is 19.6. The zero-order valence-corrected chi connectivity index (χ0v) is 19.6. The van der Waals surface area contributed by atoms with Gasteiger partial charge >= 0.3 is 6.36 Å². The third-order valence-electron chi connectivity index (χ3n) is 5.66. The first-order valence-electron chi connectivity index (χ1n) is 11.0. The number of primary amides is 1. The number of hydrogen-bond acceptors (Lipinski definition) is 6. The molecule has 0 spiro atoms. The van der Waals surface area contributed by atoms with Gasteiger partial charge in [-0.15, -0.1) is 13.2 Å². The zero-order chi connectivity index (χ0) is 26.9. The molecule has 8 nitrogen and oxygen atoms in total. The number of alkyl halides is 3. The SMILES string of the molecule is COc1c(Oc2ccc(C3CC3)c(C)c2C(=O)Nc2ccnc(C(N)=O)c2)ccc(OC(F)(F)F)c1F. The number of ether oxygens (including phenoxy) is 3. The number of halogens is 4. The van der Waals surface area contributed by atoms with Crippen molar-refractivity contribution in [3.63, 3.8) is 0 Å². The summed E-state index contributed by atoms with van der Waals surface area (Å²) in [6, 6.07) is 7.85. The molecule has 1 aromatic heterocycles. The van der Waals surface area contributed by atoms with Crippen molar-refractivity contribution in [2.45, 2.75) is 32.0 Å². The highest BCUT2D eigenvalue weighted by atomic mass is 19.4. The summed E-state index contributed by atoms with van der Waals surface area (Å²) in [6.45, 7) is 1.73. The fraction of sp³-hybridized carbons (Fsp3) is 0.240. The van der Waals surface area contributed by atoms with Gasteiger partial charge in [0.2, 0.25) is 11.6 Å². The van der Waals surface area contributed by atoms with Gasteiger partial charge in [-0.1, -0.05) is 6.07 Å². The summed E-state index contributed by atoms with van der Waals surface area (Å²) < 4.78 is 67.0. The Morgan fingerprint density at radius 1 is 1.08 bits per heavy atom. The first-order chi connectivity index (χ1) is 17.5. The number of amides is 2. The molecule has 1 saturated carbocycles. The van der Waals surface area contributed by atoms with Gasteiger partial charge < -0.3 is 25.3 Å². The number of nitrogens with zero attached hydrogens (tertiary/aromatic N) is 1. The number of rotatable bonds is 8. The number of aromatic nitrogens is 1. The number of carbonyl (C=O) groups excluding carboxylic acids is 2. The van der Waals surface area contributed by atoms with Crippen molar-refractivity contribution in [2.24, 2.45) is 5.73 Å². The lowest BCUT2D eigenvalue weighted by Crippen LogP contribution is -2.18. The largest absolute Gasteiger partial charge is 0.573 e. The van der Waals surface area contributed by atoms with Crippen LogP contribution in [0.2, 0.25) is 0 Å². The van der Waals surface area contributed by atoms with Gasteiger partial charge in [0.25, 0.3) is 11.8 Å². The minimum absolute atomic E-state index is 0.00534. The van der Waals surface area contributed by atoms with Crippen LogP contribution in [0.5, 0.6) is 23.0 Å². The number of carbonyl (C=O) groups is 2. The molecule has 4 rings (SSSR count). The van der Waals surface area contributed by atoms with E-state index in [9.17, 15) is 27.2 Å². The third kappa shape index (κ3) is 5.74. The molecule has 0 unspecified atom stereocenters. The van der Waals surface area contributed by atoms with E-state index >= 15 is 0 Å². The maximum absolute atomic E-state index is 14.7. The van der Waals surface area contributed by atoms with E-state index in [4.69, 9.17) is 15.2 Å². The van der Waals surface area contributed by atoms with Crippen molar-refractivity contribution in [1.29, 1.82) is 0 Å². The molecule has 0 radical (unpaired) electrons. The van der Waals surface area contributed by atoms with Gasteiger partial charge in [-0.05, 0) is 67.1 Å². The van der Waals surface area contributed by atoms with E-state index in [1.807, 2.05) is 0 Å². The van der Waals surface area contributed by atoms with Crippen LogP contribution in [0.4, 0.5) is 23.2 Å². The molecule has 1 aliphatic carbocycles. The third-order valence-corrected chi connectivity index (χ3v) is 5.66. The minimum atomic E-state index is -5.11. The molecule has 194 valence electrons. The molecule has 3 aromatic rings. The van der Waals surface area contributed by atoms with Gasteiger partial charge in [-0.3, -0.25) is 14.6 Å². The van der Waals surface area contributed by atoms with E-state index < -0.39 is 35.5 Å². The van der Waals surface area contributed by atoms with E-state index in [-0.39, 0.29) is 34.4 Å². The standard InChI is InChI=1S/C25H21F4N3O5/c1-12-15(13-3-4-13)5-6-17(20(12)24(34)32-14-9-10-31-16(11-14)23(30)33)36-19-8-7-18(37-25(27,28)29)21(26)22(19)35-2/h5-11,13H,3-4H2,1-2H3,(H2,30,33)(H,31,32,34). The number of anilines is 1. The van der Waals surface area contributed by atoms with Crippen LogP contribution in [0.3, 0.4) is 0 Å². The molecule has 2 amide bonds. The molecular formula is C25H21F4N3O5. The molecule has 0 bridgehead atoms. The van der Waals surface area contributed by atoms with Crippen molar-refractivity contribution in [1.82, 2.24) is 4.98 Å². The molecule has 0 aliphatic heterocycles. The van der Waals surface area contributed by atoms with E-state index in [0.29, 0.717) is 5.56 Å². The van der Waals surface area contributed by atoms with Crippen LogP contribution in [0.15, 0.2) is 42.6 Å². The Hall–Kier alpha value is -4.35. The normalized spacial score (nSPS) is 13.1. The van der Waals surface area contributed by atoms with Gasteiger partial charge in [0.15, 0.2) is 11.5 Å². The predicted octanol–water partition coefficient (Wildman–Crippen LogP) is 5.46. The highest BCUT2D eigenvalue weighted by Crippen LogP contribution is 2.45. The smallest absolute Gasteiger partial charge is 0.490 e. The molecule has 2 aromatic carbocycles. The Balaban J connectivity index is 1.72. The summed E-state index contributed by atoms with van der Waals surface area (Å²) in [6.07, 6.45) is -1.91. The summed E-state index contributed by atoms with van der Waals surface area (Å²) in [4.78, 5) is 28.7. The van der Waals surface area contributed by atoms with Crippen LogP contribution in [-0.2, 0) is 0 Å². The summed E-state index contributed by atoms with van der Waals surface area (Å²) in [5, 5.41) is 2.66. The number of benzene rings is 2. The molecule has 12 heteroatoms. The van der Waals surface area contributed by atoms with E-state index in [1.54, 1.807) is 13.0 Å². The maximum Gasteiger partial charge on any atom is 0.573 e. The summed E-state index contributed by atoms with van der Waals surface area (Å²) in [7, 11) is 1.05. The Morgan fingerprint density at radius 3 is 2.38 bits per heavy atom. The van der Waals surface area contributed by atoms with E-state index in [2.05, 4.69) is 15.0 Å². The molecule has 0 saturated heterocycles. The molecule has 3 N–H and O–H groups in total. The van der Waals surface area contributed by atoms with Crippen molar-refractivity contribution in [2.75, 3.05) is 12.4 Å². The van der Waals surface area contributed by atoms with Gasteiger partial charge in [-0.2, -0.15) is 4.39 Å². The van der Waals surface area contributed by atoms with Crippen molar-refractivity contribution in [3.8, 4) is 23.0 Å². The summed E-state index contributed by atoms with van der Waals surface area (Å²) in [5.74, 6) is -4.55. The van der Waals surface area contributed by atoms with Gasteiger partial charge in [0, 0.05) is 11.9 Å². The summed E-state index contributed by atoms with van der Waals surface area (Å²) in [5.41, 5.74) is 7.09. The van der Waals surface area contributed by atoms with Crippen LogP contribution in [-0.4, -0.2) is 30.3 Å². The number of nitrogens with two attached hydrogens (primary N) is 1. The fourth-order valence-electron chi connectivity index (χ4n) is 3.86. The molecule has 1 fully saturated rings. The Bertz CT molecular complexity index is 1370. The van der Waals surface area contributed by atoms with Crippen molar-refractivity contribution >= 4 is 17.5 Å². The minimum Gasteiger partial charge on any atom is -0.490 e. The predicted molar refractivity (Wildman–Crippen MR) is 124 cm³/mol. The van der Waals surface area contributed by atoms with Gasteiger partial charge in [0.05, 0.1) is 12.7 Å². The number of pyridine rings is 1. The van der Waals surface area contributed by atoms with Crippen molar-refractivity contribution in [3.05, 3.63) is 70.8 Å². The Kier molecular flexibility index (Phi) is 6.92. The first-order valence-corrected chi connectivity index (χ1v) is 11.0. The first kappa shape index (κ1) is 25.7. The molecule has 1 aliphatic rings. The van der Waals surface area contributed by atoms with Gasteiger partial charge in [-0.25, -0.2) is 0 Å². The topological polar surface area (TPSA) is 113 Å². The quantitative estimate of drug-likeness (QED) is 0.383. The fourth-order valence-corrected chi connectivity index (χ4v) is 3.86. The summed E-state index contributed by atoms with van der Waals surface area (Å²) >= 11 is 0. The maximum atomic E-state index is 14.7. The lowest BCUT2D eigenvalue weighted by atomic mass is 9.97. The second-order valence-electron chi connectivity index (χ2n) is 8.23. The number of nitrogens with one attached hydrogen (secondary N) is 1. The van der Waals surface area contributed by atoms with Crippen LogP contribution in [0, 0.1) is 12.7 Å². The van der Waals surface area contributed by atoms with Crippen LogP contribution in [0.1, 0.15) is 50.7 Å². The Morgan fingerprint density at radius 2 is 1.76 bits per heavy atom. The molecule has 0 atom stereocenters. The van der Waals surface area contributed by atoms with Crippen molar-refractivity contribution < 1.29 is 41.4 Å². The average molecular weight is 519 g/mol. The second-order valence-corrected chi connectivity index (χ2v) is 8.23. The van der Waals surface area contributed by atoms with E-state index in [0.717, 1.165) is 37.6 Å². The second kappa shape index (κ2) is 9.96.